The molecular formula is C20H14Cl3FN2O3S. The average molecular weight is 488 g/mol. The highest BCUT2D eigenvalue weighted by atomic mass is 35.5. The molecule has 0 atom stereocenters. The van der Waals surface area contributed by atoms with E-state index in [1.165, 1.54) is 24.3 Å². The molecule has 0 unspecified atom stereocenters. The van der Waals surface area contributed by atoms with Gasteiger partial charge in [0.2, 0.25) is 0 Å². The quantitative estimate of drug-likeness (QED) is 0.453. The van der Waals surface area contributed by atoms with Gasteiger partial charge < -0.3 is 5.32 Å². The number of sulfonamides is 1. The van der Waals surface area contributed by atoms with Crippen LogP contribution in [0.15, 0.2) is 59.5 Å². The minimum Gasteiger partial charge on any atom is -0.319 e. The summed E-state index contributed by atoms with van der Waals surface area (Å²) < 4.78 is 42.1. The molecule has 0 heterocycles. The van der Waals surface area contributed by atoms with Crippen molar-refractivity contribution in [2.75, 3.05) is 10.0 Å². The zero-order valence-corrected chi connectivity index (χ0v) is 18.4. The van der Waals surface area contributed by atoms with Crippen molar-refractivity contribution in [1.29, 1.82) is 0 Å². The van der Waals surface area contributed by atoms with Gasteiger partial charge in [0.1, 0.15) is 5.82 Å². The Morgan fingerprint density at radius 1 is 0.933 bits per heavy atom. The number of hydrogen-bond acceptors (Lipinski definition) is 3. The molecule has 0 saturated carbocycles. The molecule has 0 bridgehead atoms. The molecule has 30 heavy (non-hydrogen) atoms. The summed E-state index contributed by atoms with van der Waals surface area (Å²) in [7, 11) is -4.08. The van der Waals surface area contributed by atoms with Gasteiger partial charge in [0.05, 0.1) is 26.9 Å². The van der Waals surface area contributed by atoms with Gasteiger partial charge in [0, 0.05) is 10.0 Å². The Hall–Kier alpha value is -2.32. The van der Waals surface area contributed by atoms with Gasteiger partial charge in [0.25, 0.3) is 15.9 Å². The lowest BCUT2D eigenvalue weighted by Crippen LogP contribution is -2.16. The summed E-state index contributed by atoms with van der Waals surface area (Å²) >= 11 is 17.8. The number of hydrogen-bond donors (Lipinski definition) is 2. The molecule has 0 aliphatic carbocycles. The number of halogens is 4. The van der Waals surface area contributed by atoms with Crippen LogP contribution in [0.25, 0.3) is 0 Å². The lowest BCUT2D eigenvalue weighted by molar-refractivity contribution is 0.102. The van der Waals surface area contributed by atoms with Crippen LogP contribution in [0.5, 0.6) is 0 Å². The molecule has 10 heteroatoms. The largest absolute Gasteiger partial charge is 0.319 e. The van der Waals surface area contributed by atoms with E-state index in [0.717, 1.165) is 12.1 Å². The summed E-state index contributed by atoms with van der Waals surface area (Å²) in [5.41, 5.74) is 0.698. The molecule has 0 aliphatic rings. The average Bonchev–Trinajstić information content (AvgIpc) is 2.66. The number of nitrogens with one attached hydrogen (secondary N) is 2. The number of anilines is 2. The van der Waals surface area contributed by atoms with E-state index in [4.69, 9.17) is 34.8 Å². The highest BCUT2D eigenvalue weighted by Gasteiger charge is 2.19. The topological polar surface area (TPSA) is 75.3 Å². The Labute approximate surface area is 187 Å². The maximum atomic E-state index is 14.5. The van der Waals surface area contributed by atoms with Crippen LogP contribution < -0.4 is 10.0 Å². The van der Waals surface area contributed by atoms with Crippen molar-refractivity contribution in [1.82, 2.24) is 0 Å². The number of rotatable bonds is 5. The van der Waals surface area contributed by atoms with Gasteiger partial charge in [-0.2, -0.15) is 0 Å². The first kappa shape index (κ1) is 22.4. The molecule has 0 radical (unpaired) electrons. The van der Waals surface area contributed by atoms with Gasteiger partial charge in [-0.3, -0.25) is 9.52 Å². The van der Waals surface area contributed by atoms with Gasteiger partial charge in [0.15, 0.2) is 0 Å². The normalized spacial score (nSPS) is 11.2. The Kier molecular flexibility index (Phi) is 6.57. The minimum absolute atomic E-state index is 0.0928. The maximum Gasteiger partial charge on any atom is 0.262 e. The second kappa shape index (κ2) is 8.81. The molecule has 0 aromatic heterocycles. The van der Waals surface area contributed by atoms with Crippen LogP contribution in [-0.4, -0.2) is 14.3 Å². The van der Waals surface area contributed by atoms with Crippen molar-refractivity contribution in [3.8, 4) is 0 Å². The molecule has 0 fully saturated rings. The van der Waals surface area contributed by atoms with Gasteiger partial charge in [-0.1, -0.05) is 40.9 Å². The third-order valence-electron chi connectivity index (χ3n) is 4.19. The number of benzene rings is 3. The third kappa shape index (κ3) is 4.87. The predicted molar refractivity (Wildman–Crippen MR) is 118 cm³/mol. The molecule has 3 aromatic carbocycles. The van der Waals surface area contributed by atoms with E-state index in [0.29, 0.717) is 15.6 Å². The predicted octanol–water partition coefficient (Wildman–Crippen LogP) is 6.15. The summed E-state index contributed by atoms with van der Waals surface area (Å²) in [4.78, 5) is 12.0. The SMILES string of the molecule is Cc1c(Cl)cccc1NS(=O)(=O)c1ccc(NC(=O)c2ccc(Cl)cc2Cl)c(F)c1. The van der Waals surface area contributed by atoms with E-state index in [1.54, 1.807) is 25.1 Å². The lowest BCUT2D eigenvalue weighted by Gasteiger charge is -2.13. The fourth-order valence-corrected chi connectivity index (χ4v) is 4.35. The number of carbonyl (C=O) groups excluding carboxylic acids is 1. The van der Waals surface area contributed by atoms with Crippen LogP contribution in [-0.2, 0) is 10.0 Å². The molecule has 1 amide bonds. The molecule has 2 N–H and O–H groups in total. The maximum absolute atomic E-state index is 14.5. The fraction of sp³-hybridized carbons (Fsp3) is 0.0500. The van der Waals surface area contributed by atoms with Gasteiger partial charge >= 0.3 is 0 Å². The van der Waals surface area contributed by atoms with Gasteiger partial charge in [-0.25, -0.2) is 12.8 Å². The first-order chi connectivity index (χ1) is 14.1. The van der Waals surface area contributed by atoms with E-state index in [1.807, 2.05) is 0 Å². The van der Waals surface area contributed by atoms with Crippen LogP contribution in [0, 0.1) is 12.7 Å². The Balaban J connectivity index is 1.84. The van der Waals surface area contributed by atoms with Crippen LogP contribution in [0.3, 0.4) is 0 Å². The van der Waals surface area contributed by atoms with Crippen molar-refractivity contribution in [3.05, 3.63) is 86.6 Å². The summed E-state index contributed by atoms with van der Waals surface area (Å²) in [6.45, 7) is 1.65. The second-order valence-corrected chi connectivity index (χ2v) is 9.17. The summed E-state index contributed by atoms with van der Waals surface area (Å²) in [6, 6.07) is 12.1. The molecule has 3 rings (SSSR count). The van der Waals surface area contributed by atoms with Gasteiger partial charge in [-0.05, 0) is 61.0 Å². The summed E-state index contributed by atoms with van der Waals surface area (Å²) in [5, 5.41) is 3.19. The van der Waals surface area contributed by atoms with Crippen LogP contribution in [0.2, 0.25) is 15.1 Å². The summed E-state index contributed by atoms with van der Waals surface area (Å²) in [6.07, 6.45) is 0. The molecule has 5 nitrogen and oxygen atoms in total. The first-order valence-corrected chi connectivity index (χ1v) is 11.0. The molecule has 3 aromatic rings. The number of carbonyl (C=O) groups is 1. The molecule has 0 aliphatic heterocycles. The van der Waals surface area contributed by atoms with Crippen LogP contribution in [0.4, 0.5) is 15.8 Å². The zero-order valence-electron chi connectivity index (χ0n) is 15.3. The van der Waals surface area contributed by atoms with E-state index in [2.05, 4.69) is 10.0 Å². The van der Waals surface area contributed by atoms with E-state index in [-0.39, 0.29) is 26.9 Å². The van der Waals surface area contributed by atoms with Crippen molar-refractivity contribution < 1.29 is 17.6 Å². The smallest absolute Gasteiger partial charge is 0.262 e. The Morgan fingerprint density at radius 2 is 1.67 bits per heavy atom. The number of amides is 1. The van der Waals surface area contributed by atoms with Crippen LogP contribution >= 0.6 is 34.8 Å². The highest BCUT2D eigenvalue weighted by molar-refractivity contribution is 7.92. The molecule has 156 valence electrons. The molecule has 0 saturated heterocycles. The Morgan fingerprint density at radius 3 is 2.33 bits per heavy atom. The van der Waals surface area contributed by atoms with E-state index >= 15 is 0 Å². The van der Waals surface area contributed by atoms with Gasteiger partial charge in [-0.15, -0.1) is 0 Å². The minimum atomic E-state index is -4.08. The molecule has 0 spiro atoms. The second-order valence-electron chi connectivity index (χ2n) is 6.24. The Bertz CT molecular complexity index is 1250. The zero-order chi connectivity index (χ0) is 22.1. The third-order valence-corrected chi connectivity index (χ3v) is 6.51. The monoisotopic (exact) mass is 486 g/mol. The van der Waals surface area contributed by atoms with Crippen molar-refractivity contribution in [2.24, 2.45) is 0 Å². The van der Waals surface area contributed by atoms with E-state index < -0.39 is 21.7 Å². The summed E-state index contributed by atoms with van der Waals surface area (Å²) in [5.74, 6) is -1.60. The van der Waals surface area contributed by atoms with Crippen molar-refractivity contribution >= 4 is 62.1 Å². The van der Waals surface area contributed by atoms with Crippen LogP contribution in [0.1, 0.15) is 15.9 Å². The molecular weight excluding hydrogens is 474 g/mol. The highest BCUT2D eigenvalue weighted by Crippen LogP contribution is 2.27. The first-order valence-electron chi connectivity index (χ1n) is 8.42. The van der Waals surface area contributed by atoms with Crippen molar-refractivity contribution in [2.45, 2.75) is 11.8 Å². The lowest BCUT2D eigenvalue weighted by atomic mass is 10.2. The standard InChI is InChI=1S/C20H14Cl3FN2O3S/c1-11-15(22)3-2-4-18(11)26-30(28,29)13-6-8-19(17(24)10-13)25-20(27)14-7-5-12(21)9-16(14)23/h2-10,26H,1H3,(H,25,27). The fourth-order valence-electron chi connectivity index (χ4n) is 2.55. The van der Waals surface area contributed by atoms with E-state index in [9.17, 15) is 17.6 Å². The van der Waals surface area contributed by atoms with Crippen molar-refractivity contribution in [3.63, 3.8) is 0 Å².